The van der Waals surface area contributed by atoms with Crippen molar-refractivity contribution in [1.82, 2.24) is 19.4 Å². The van der Waals surface area contributed by atoms with Crippen LogP contribution in [0.5, 0.6) is 0 Å². The van der Waals surface area contributed by atoms with Crippen LogP contribution in [0.1, 0.15) is 11.3 Å². The van der Waals surface area contributed by atoms with Crippen LogP contribution in [-0.2, 0) is 0 Å². The highest BCUT2D eigenvalue weighted by Gasteiger charge is 2.10. The summed E-state index contributed by atoms with van der Waals surface area (Å²) in [4.78, 5) is 16.9. The summed E-state index contributed by atoms with van der Waals surface area (Å²) in [6.07, 6.45) is 3.21. The predicted molar refractivity (Wildman–Crippen MR) is 93.9 cm³/mol. The minimum Gasteiger partial charge on any atom is -0.295 e. The van der Waals surface area contributed by atoms with Crippen molar-refractivity contribution in [3.63, 3.8) is 0 Å². The zero-order valence-electron chi connectivity index (χ0n) is 13.0. The lowest BCUT2D eigenvalue weighted by Crippen LogP contribution is -2.17. The summed E-state index contributed by atoms with van der Waals surface area (Å²) in [5.41, 5.74) is 3.70. The van der Waals surface area contributed by atoms with Crippen molar-refractivity contribution in [3.05, 3.63) is 82.5 Å². The van der Waals surface area contributed by atoms with Crippen molar-refractivity contribution in [2.75, 3.05) is 0 Å². The third kappa shape index (κ3) is 2.34. The minimum absolute atomic E-state index is 0.133. The van der Waals surface area contributed by atoms with E-state index in [1.807, 2.05) is 61.5 Å². The number of H-pyrrole nitrogens is 1. The average Bonchev–Trinajstić information content (AvgIpc) is 3.15. The number of para-hydroxylation sites is 3. The monoisotopic (exact) mass is 317 g/mol. The molecule has 0 unspecified atom stereocenters. The maximum atomic E-state index is 12.6. The first-order valence-electron chi connectivity index (χ1n) is 7.57. The quantitative estimate of drug-likeness (QED) is 0.590. The fourth-order valence-corrected chi connectivity index (χ4v) is 2.63. The van der Waals surface area contributed by atoms with Gasteiger partial charge in [0.1, 0.15) is 6.33 Å². The molecule has 0 aliphatic heterocycles. The number of fused-ring (bicyclic) bond motifs is 1. The molecule has 4 aromatic rings. The highest BCUT2D eigenvalue weighted by atomic mass is 16.1. The molecule has 2 aromatic carbocycles. The molecule has 4 rings (SSSR count). The Balaban J connectivity index is 1.75. The zero-order chi connectivity index (χ0) is 16.5. The van der Waals surface area contributed by atoms with Gasteiger partial charge in [0.2, 0.25) is 0 Å². The largest absolute Gasteiger partial charge is 0.295 e. The standard InChI is InChI=1S/C18H15N5O/c1-13-15(18(24)23(21-13)14-7-3-2-4-8-14)11-20-22-12-19-16-9-5-6-10-17(16)22/h2-12,21H,1H3/b20-11+. The van der Waals surface area contributed by atoms with Crippen LogP contribution in [0.3, 0.4) is 0 Å². The van der Waals surface area contributed by atoms with Crippen LogP contribution in [0.25, 0.3) is 16.7 Å². The first-order chi connectivity index (χ1) is 11.7. The smallest absolute Gasteiger partial charge is 0.280 e. The number of benzene rings is 2. The molecule has 6 nitrogen and oxygen atoms in total. The number of aromatic amines is 1. The average molecular weight is 317 g/mol. The molecule has 118 valence electrons. The fourth-order valence-electron chi connectivity index (χ4n) is 2.63. The lowest BCUT2D eigenvalue weighted by atomic mass is 10.3. The van der Waals surface area contributed by atoms with Crippen LogP contribution in [0.15, 0.2) is 70.8 Å². The molecule has 24 heavy (non-hydrogen) atoms. The molecule has 1 N–H and O–H groups in total. The molecule has 0 aliphatic rings. The first kappa shape index (κ1) is 14.2. The Labute approximate surface area is 137 Å². The number of aryl methyl sites for hydroxylation is 1. The van der Waals surface area contributed by atoms with Gasteiger partial charge in [-0.25, -0.2) is 14.3 Å². The maximum Gasteiger partial charge on any atom is 0.280 e. The second-order valence-electron chi connectivity index (χ2n) is 5.45. The third-order valence-corrected chi connectivity index (χ3v) is 3.88. The van der Waals surface area contributed by atoms with Crippen LogP contribution >= 0.6 is 0 Å². The van der Waals surface area contributed by atoms with Crippen molar-refractivity contribution in [1.29, 1.82) is 0 Å². The van der Waals surface area contributed by atoms with Crippen LogP contribution in [0.2, 0.25) is 0 Å². The highest BCUT2D eigenvalue weighted by molar-refractivity contribution is 5.82. The van der Waals surface area contributed by atoms with Gasteiger partial charge < -0.3 is 0 Å². The van der Waals surface area contributed by atoms with E-state index in [0.717, 1.165) is 22.4 Å². The third-order valence-electron chi connectivity index (χ3n) is 3.88. The minimum atomic E-state index is -0.133. The van der Waals surface area contributed by atoms with Gasteiger partial charge in [-0.3, -0.25) is 9.89 Å². The van der Waals surface area contributed by atoms with E-state index in [2.05, 4.69) is 15.2 Å². The molecule has 0 aliphatic carbocycles. The van der Waals surface area contributed by atoms with Crippen LogP contribution in [-0.4, -0.2) is 25.7 Å². The summed E-state index contributed by atoms with van der Waals surface area (Å²) in [7, 11) is 0. The van der Waals surface area contributed by atoms with Crippen molar-refractivity contribution in [2.24, 2.45) is 5.10 Å². The van der Waals surface area contributed by atoms with Gasteiger partial charge in [-0.05, 0) is 31.2 Å². The molecule has 0 fully saturated rings. The summed E-state index contributed by atoms with van der Waals surface area (Å²) >= 11 is 0. The number of aromatic nitrogens is 4. The predicted octanol–water partition coefficient (Wildman–Crippen LogP) is 2.71. The molecule has 2 heterocycles. The second-order valence-corrected chi connectivity index (χ2v) is 5.45. The summed E-state index contributed by atoms with van der Waals surface area (Å²) in [6, 6.07) is 17.2. The molecular weight excluding hydrogens is 302 g/mol. The summed E-state index contributed by atoms with van der Waals surface area (Å²) in [6.45, 7) is 1.86. The van der Waals surface area contributed by atoms with Gasteiger partial charge in [0.05, 0.1) is 28.5 Å². The topological polar surface area (TPSA) is 68.0 Å². The zero-order valence-corrected chi connectivity index (χ0v) is 13.0. The molecular formula is C18H15N5O. The van der Waals surface area contributed by atoms with Crippen LogP contribution < -0.4 is 5.56 Å². The van der Waals surface area contributed by atoms with Gasteiger partial charge in [-0.1, -0.05) is 30.3 Å². The van der Waals surface area contributed by atoms with Crippen molar-refractivity contribution in [2.45, 2.75) is 6.92 Å². The molecule has 2 aromatic heterocycles. The second kappa shape index (κ2) is 5.66. The van der Waals surface area contributed by atoms with Crippen molar-refractivity contribution < 1.29 is 0 Å². The van der Waals surface area contributed by atoms with E-state index in [4.69, 9.17) is 0 Å². The van der Waals surface area contributed by atoms with Crippen molar-refractivity contribution in [3.8, 4) is 5.69 Å². The maximum absolute atomic E-state index is 12.6. The molecule has 0 spiro atoms. The number of hydrogen-bond donors (Lipinski definition) is 1. The van der Waals surface area contributed by atoms with E-state index in [1.165, 1.54) is 4.68 Å². The van der Waals surface area contributed by atoms with E-state index >= 15 is 0 Å². The van der Waals surface area contributed by atoms with Gasteiger partial charge in [-0.2, -0.15) is 5.10 Å². The van der Waals surface area contributed by atoms with E-state index in [1.54, 1.807) is 17.2 Å². The first-order valence-corrected chi connectivity index (χ1v) is 7.57. The van der Waals surface area contributed by atoms with Gasteiger partial charge in [0.15, 0.2) is 0 Å². The Morgan fingerprint density at radius 1 is 1.08 bits per heavy atom. The lowest BCUT2D eigenvalue weighted by Gasteiger charge is -1.99. The lowest BCUT2D eigenvalue weighted by molar-refractivity contribution is 0.835. The summed E-state index contributed by atoms with van der Waals surface area (Å²) < 4.78 is 3.18. The van der Waals surface area contributed by atoms with E-state index in [-0.39, 0.29) is 5.56 Å². The number of rotatable bonds is 3. The van der Waals surface area contributed by atoms with E-state index in [9.17, 15) is 4.79 Å². The molecule has 6 heteroatoms. The highest BCUT2D eigenvalue weighted by Crippen LogP contribution is 2.11. The van der Waals surface area contributed by atoms with Gasteiger partial charge in [0.25, 0.3) is 5.56 Å². The molecule has 0 amide bonds. The fraction of sp³-hybridized carbons (Fsp3) is 0.0556. The Kier molecular flexibility index (Phi) is 3.35. The Bertz CT molecular complexity index is 1090. The number of imidazole rings is 1. The van der Waals surface area contributed by atoms with E-state index in [0.29, 0.717) is 5.56 Å². The number of nitrogens with zero attached hydrogens (tertiary/aromatic N) is 4. The SMILES string of the molecule is Cc1[nH]n(-c2ccccc2)c(=O)c1/C=N/n1cnc2ccccc21. The molecule has 0 radical (unpaired) electrons. The normalized spacial score (nSPS) is 11.5. The molecule has 0 bridgehead atoms. The summed E-state index contributed by atoms with van der Waals surface area (Å²) in [5, 5.41) is 7.47. The van der Waals surface area contributed by atoms with Crippen LogP contribution in [0.4, 0.5) is 0 Å². The molecule has 0 atom stereocenters. The van der Waals surface area contributed by atoms with Gasteiger partial charge >= 0.3 is 0 Å². The van der Waals surface area contributed by atoms with E-state index < -0.39 is 0 Å². The Morgan fingerprint density at radius 3 is 2.67 bits per heavy atom. The number of hydrogen-bond acceptors (Lipinski definition) is 3. The van der Waals surface area contributed by atoms with Gasteiger partial charge in [-0.15, -0.1) is 0 Å². The molecule has 0 saturated carbocycles. The number of nitrogens with one attached hydrogen (secondary N) is 1. The molecule has 0 saturated heterocycles. The van der Waals surface area contributed by atoms with Crippen LogP contribution in [0, 0.1) is 6.92 Å². The van der Waals surface area contributed by atoms with Gasteiger partial charge in [0, 0.05) is 5.69 Å². The van der Waals surface area contributed by atoms with Crippen molar-refractivity contribution >= 4 is 17.2 Å². The Hall–Kier alpha value is -3.41. The summed E-state index contributed by atoms with van der Waals surface area (Å²) in [5.74, 6) is 0. The Morgan fingerprint density at radius 2 is 1.83 bits per heavy atom.